The van der Waals surface area contributed by atoms with Gasteiger partial charge in [0.15, 0.2) is 0 Å². The number of anilines is 1. The van der Waals surface area contributed by atoms with Crippen molar-refractivity contribution in [2.75, 3.05) is 11.4 Å². The summed E-state index contributed by atoms with van der Waals surface area (Å²) in [5.41, 5.74) is 2.84. The van der Waals surface area contributed by atoms with Crippen LogP contribution in [-0.2, 0) is 6.54 Å². The van der Waals surface area contributed by atoms with Gasteiger partial charge in [0, 0.05) is 35.3 Å². The minimum atomic E-state index is 0.516. The van der Waals surface area contributed by atoms with E-state index >= 15 is 0 Å². The molecule has 2 nitrogen and oxygen atoms in total. The molecule has 1 aromatic rings. The highest BCUT2D eigenvalue weighted by Crippen LogP contribution is 2.35. The van der Waals surface area contributed by atoms with Crippen molar-refractivity contribution in [1.82, 2.24) is 5.32 Å². The van der Waals surface area contributed by atoms with Crippen LogP contribution in [-0.4, -0.2) is 18.6 Å². The third-order valence-electron chi connectivity index (χ3n) is 3.99. The van der Waals surface area contributed by atoms with Gasteiger partial charge in [0.25, 0.3) is 0 Å². The van der Waals surface area contributed by atoms with Crippen LogP contribution in [0, 0.1) is 5.92 Å². The normalized spacial score (nSPS) is 15.0. The summed E-state index contributed by atoms with van der Waals surface area (Å²) in [7, 11) is 0. The van der Waals surface area contributed by atoms with Crippen LogP contribution in [0.25, 0.3) is 0 Å². The first kappa shape index (κ1) is 16.8. The number of hydrogen-bond acceptors (Lipinski definition) is 2. The molecule has 0 spiro atoms. The van der Waals surface area contributed by atoms with E-state index in [1.807, 2.05) is 0 Å². The molecule has 1 saturated carbocycles. The first-order valence-corrected chi connectivity index (χ1v) is 9.05. The number of rotatable bonds is 8. The van der Waals surface area contributed by atoms with Crippen LogP contribution in [0.4, 0.5) is 5.69 Å². The number of hydrogen-bond donors (Lipinski definition) is 1. The summed E-state index contributed by atoms with van der Waals surface area (Å²) in [6.07, 6.45) is 3.97. The fourth-order valence-corrected chi connectivity index (χ4v) is 2.98. The first-order valence-electron chi connectivity index (χ1n) is 8.25. The molecule has 0 atom stereocenters. The van der Waals surface area contributed by atoms with Crippen molar-refractivity contribution in [3.8, 4) is 0 Å². The Balaban J connectivity index is 2.17. The van der Waals surface area contributed by atoms with Gasteiger partial charge in [0.2, 0.25) is 0 Å². The molecule has 0 unspecified atom stereocenters. The molecule has 1 aliphatic carbocycles. The number of halogens is 1. The molecule has 0 heterocycles. The molecule has 118 valence electrons. The number of nitrogens with zero attached hydrogens (tertiary/aromatic N) is 1. The van der Waals surface area contributed by atoms with E-state index < -0.39 is 0 Å². The van der Waals surface area contributed by atoms with Gasteiger partial charge in [0.1, 0.15) is 0 Å². The van der Waals surface area contributed by atoms with Crippen LogP contribution < -0.4 is 10.2 Å². The Morgan fingerprint density at radius 1 is 1.24 bits per heavy atom. The maximum absolute atomic E-state index is 3.62. The Morgan fingerprint density at radius 3 is 2.52 bits per heavy atom. The lowest BCUT2D eigenvalue weighted by atomic mass is 10.1. The van der Waals surface area contributed by atoms with Gasteiger partial charge in [-0.25, -0.2) is 0 Å². The Kier molecular flexibility index (Phi) is 6.12. The van der Waals surface area contributed by atoms with E-state index in [-0.39, 0.29) is 0 Å². The van der Waals surface area contributed by atoms with E-state index in [0.717, 1.165) is 18.5 Å². The van der Waals surface area contributed by atoms with E-state index in [2.05, 4.69) is 72.0 Å². The summed E-state index contributed by atoms with van der Waals surface area (Å²) in [6.45, 7) is 11.2. The van der Waals surface area contributed by atoms with Gasteiger partial charge in [-0.3, -0.25) is 0 Å². The summed E-state index contributed by atoms with van der Waals surface area (Å²) >= 11 is 3.62. The molecule has 1 aromatic carbocycles. The Labute approximate surface area is 138 Å². The molecule has 0 bridgehead atoms. The molecule has 0 radical (unpaired) electrons. The molecule has 1 fully saturated rings. The average Bonchev–Trinajstić information content (AvgIpc) is 3.22. The standard InChI is InChI=1S/C18H29BrN2/c1-13(2)9-10-21(17-6-7-17)18-8-5-16(19)11-15(18)12-20-14(3)4/h5,8,11,13-14,17,20H,6-7,9-10,12H2,1-4H3. The van der Waals surface area contributed by atoms with Crippen LogP contribution >= 0.6 is 15.9 Å². The van der Waals surface area contributed by atoms with Crippen molar-refractivity contribution < 1.29 is 0 Å². The van der Waals surface area contributed by atoms with Gasteiger partial charge in [-0.1, -0.05) is 43.6 Å². The molecular formula is C18H29BrN2. The lowest BCUT2D eigenvalue weighted by Gasteiger charge is -2.28. The van der Waals surface area contributed by atoms with E-state index in [0.29, 0.717) is 6.04 Å². The summed E-state index contributed by atoms with van der Waals surface area (Å²) in [5, 5.41) is 3.56. The van der Waals surface area contributed by atoms with Crippen LogP contribution in [0.15, 0.2) is 22.7 Å². The van der Waals surface area contributed by atoms with Crippen molar-refractivity contribution in [3.63, 3.8) is 0 Å². The zero-order valence-electron chi connectivity index (χ0n) is 13.8. The number of nitrogens with one attached hydrogen (secondary N) is 1. The van der Waals surface area contributed by atoms with E-state index in [1.165, 1.54) is 41.5 Å². The lowest BCUT2D eigenvalue weighted by Crippen LogP contribution is -2.30. The zero-order valence-corrected chi connectivity index (χ0v) is 15.4. The van der Waals surface area contributed by atoms with Gasteiger partial charge in [0.05, 0.1) is 0 Å². The molecular weight excluding hydrogens is 324 g/mol. The van der Waals surface area contributed by atoms with Crippen molar-refractivity contribution >= 4 is 21.6 Å². The first-order chi connectivity index (χ1) is 9.97. The van der Waals surface area contributed by atoms with Gasteiger partial charge < -0.3 is 10.2 Å². The molecule has 2 rings (SSSR count). The van der Waals surface area contributed by atoms with E-state index in [1.54, 1.807) is 0 Å². The summed E-state index contributed by atoms with van der Waals surface area (Å²) in [4.78, 5) is 2.64. The monoisotopic (exact) mass is 352 g/mol. The maximum atomic E-state index is 3.62. The summed E-state index contributed by atoms with van der Waals surface area (Å²) in [6, 6.07) is 8.03. The quantitative estimate of drug-likeness (QED) is 0.710. The van der Waals surface area contributed by atoms with Crippen molar-refractivity contribution in [2.24, 2.45) is 5.92 Å². The highest BCUT2D eigenvalue weighted by molar-refractivity contribution is 9.10. The second-order valence-corrected chi connectivity index (χ2v) is 7.83. The van der Waals surface area contributed by atoms with Gasteiger partial charge in [-0.2, -0.15) is 0 Å². The molecule has 3 heteroatoms. The maximum Gasteiger partial charge on any atom is 0.0415 e. The molecule has 21 heavy (non-hydrogen) atoms. The predicted octanol–water partition coefficient (Wildman–Crippen LogP) is 4.96. The molecule has 1 aliphatic rings. The van der Waals surface area contributed by atoms with E-state index in [4.69, 9.17) is 0 Å². The smallest absolute Gasteiger partial charge is 0.0415 e. The molecule has 0 saturated heterocycles. The minimum Gasteiger partial charge on any atom is -0.368 e. The molecule has 0 aliphatic heterocycles. The fourth-order valence-electron chi connectivity index (χ4n) is 2.57. The third kappa shape index (κ3) is 5.30. The molecule has 0 aromatic heterocycles. The Hall–Kier alpha value is -0.540. The fraction of sp³-hybridized carbons (Fsp3) is 0.667. The van der Waals surface area contributed by atoms with E-state index in [9.17, 15) is 0 Å². The average molecular weight is 353 g/mol. The topological polar surface area (TPSA) is 15.3 Å². The van der Waals surface area contributed by atoms with Crippen molar-refractivity contribution in [2.45, 2.75) is 65.6 Å². The second-order valence-electron chi connectivity index (χ2n) is 6.92. The number of benzene rings is 1. The molecule has 0 amide bonds. The summed E-state index contributed by atoms with van der Waals surface area (Å²) < 4.78 is 1.17. The zero-order chi connectivity index (χ0) is 15.4. The van der Waals surface area contributed by atoms with Gasteiger partial charge in [-0.05, 0) is 48.9 Å². The minimum absolute atomic E-state index is 0.516. The SMILES string of the molecule is CC(C)CCN(c1ccc(Br)cc1CNC(C)C)C1CC1. The van der Waals surface area contributed by atoms with Crippen LogP contribution in [0.1, 0.15) is 52.5 Å². The van der Waals surface area contributed by atoms with Gasteiger partial charge in [-0.15, -0.1) is 0 Å². The van der Waals surface area contributed by atoms with Crippen LogP contribution in [0.5, 0.6) is 0 Å². The Bertz CT molecular complexity index is 453. The molecule has 1 N–H and O–H groups in total. The van der Waals surface area contributed by atoms with Crippen molar-refractivity contribution in [3.05, 3.63) is 28.2 Å². The van der Waals surface area contributed by atoms with Gasteiger partial charge >= 0.3 is 0 Å². The Morgan fingerprint density at radius 2 is 1.95 bits per heavy atom. The highest BCUT2D eigenvalue weighted by atomic mass is 79.9. The largest absolute Gasteiger partial charge is 0.368 e. The highest BCUT2D eigenvalue weighted by Gasteiger charge is 2.30. The van der Waals surface area contributed by atoms with Crippen LogP contribution in [0.3, 0.4) is 0 Å². The lowest BCUT2D eigenvalue weighted by molar-refractivity contribution is 0.565. The van der Waals surface area contributed by atoms with Crippen molar-refractivity contribution in [1.29, 1.82) is 0 Å². The summed E-state index contributed by atoms with van der Waals surface area (Å²) in [5.74, 6) is 0.763. The predicted molar refractivity (Wildman–Crippen MR) is 95.9 cm³/mol. The third-order valence-corrected chi connectivity index (χ3v) is 4.48. The second kappa shape index (κ2) is 7.64. The van der Waals surface area contributed by atoms with Crippen LogP contribution in [0.2, 0.25) is 0 Å².